The Morgan fingerprint density at radius 1 is 1.46 bits per heavy atom. The number of rotatable bonds is 4. The number of fused-ring (bicyclic) bond motifs is 1. The predicted octanol–water partition coefficient (Wildman–Crippen LogP) is 2.10. The Balaban J connectivity index is 1.57. The van der Waals surface area contributed by atoms with E-state index in [0.717, 1.165) is 40.5 Å². The number of hydrogen-bond donors (Lipinski definition) is 1. The maximum Gasteiger partial charge on any atom is 0.251 e. The molecule has 1 aliphatic carbocycles. The molecule has 1 atom stereocenters. The first-order valence-electron chi connectivity index (χ1n) is 8.27. The SMILES string of the molecule is COc1ccc(C)c2sc(N3CCOC(C(=O)NC4CC4)C3)nc12. The Bertz CT molecular complexity index is 772. The minimum Gasteiger partial charge on any atom is -0.494 e. The summed E-state index contributed by atoms with van der Waals surface area (Å²) in [6.45, 7) is 3.90. The predicted molar refractivity (Wildman–Crippen MR) is 94.0 cm³/mol. The largest absolute Gasteiger partial charge is 0.494 e. The summed E-state index contributed by atoms with van der Waals surface area (Å²) in [4.78, 5) is 19.2. The fourth-order valence-corrected chi connectivity index (χ4v) is 3.99. The fourth-order valence-electron chi connectivity index (χ4n) is 2.90. The highest BCUT2D eigenvalue weighted by molar-refractivity contribution is 7.22. The van der Waals surface area contributed by atoms with Crippen LogP contribution in [0.1, 0.15) is 18.4 Å². The van der Waals surface area contributed by atoms with E-state index in [1.165, 1.54) is 5.56 Å². The number of aromatic nitrogens is 1. The second-order valence-electron chi connectivity index (χ2n) is 6.35. The summed E-state index contributed by atoms with van der Waals surface area (Å²) in [5.74, 6) is 0.784. The van der Waals surface area contributed by atoms with Gasteiger partial charge < -0.3 is 19.7 Å². The third kappa shape index (κ3) is 2.93. The van der Waals surface area contributed by atoms with Crippen LogP contribution in [0.15, 0.2) is 12.1 Å². The second-order valence-corrected chi connectivity index (χ2v) is 7.32. The standard InChI is InChI=1S/C17H21N3O3S/c1-10-3-6-12(22-2)14-15(10)24-17(19-14)20-7-8-23-13(9-20)16(21)18-11-4-5-11/h3,6,11,13H,4-5,7-9H2,1-2H3,(H,18,21). The van der Waals surface area contributed by atoms with Gasteiger partial charge in [0.25, 0.3) is 5.91 Å². The highest BCUT2D eigenvalue weighted by atomic mass is 32.1. The fraction of sp³-hybridized carbons (Fsp3) is 0.529. The number of ether oxygens (including phenoxy) is 2. The smallest absolute Gasteiger partial charge is 0.251 e. The minimum absolute atomic E-state index is 0.00271. The van der Waals surface area contributed by atoms with Gasteiger partial charge in [0.05, 0.1) is 25.0 Å². The minimum atomic E-state index is -0.422. The second kappa shape index (κ2) is 6.22. The molecule has 1 N–H and O–H groups in total. The van der Waals surface area contributed by atoms with Crippen molar-refractivity contribution in [1.82, 2.24) is 10.3 Å². The maximum atomic E-state index is 12.3. The summed E-state index contributed by atoms with van der Waals surface area (Å²) in [5.41, 5.74) is 2.08. The van der Waals surface area contributed by atoms with E-state index in [0.29, 0.717) is 19.2 Å². The summed E-state index contributed by atoms with van der Waals surface area (Å²) in [7, 11) is 1.66. The molecule has 4 rings (SSSR count). The van der Waals surface area contributed by atoms with Gasteiger partial charge in [0, 0.05) is 12.6 Å². The molecule has 128 valence electrons. The number of nitrogens with zero attached hydrogens (tertiary/aromatic N) is 2. The number of carbonyl (C=O) groups is 1. The quantitative estimate of drug-likeness (QED) is 0.918. The number of morpholine rings is 1. The van der Waals surface area contributed by atoms with E-state index in [4.69, 9.17) is 14.5 Å². The van der Waals surface area contributed by atoms with Gasteiger partial charge in [-0.15, -0.1) is 0 Å². The van der Waals surface area contributed by atoms with Gasteiger partial charge >= 0.3 is 0 Å². The molecule has 2 aromatic rings. The first-order valence-corrected chi connectivity index (χ1v) is 9.08. The van der Waals surface area contributed by atoms with E-state index < -0.39 is 6.10 Å². The molecule has 0 spiro atoms. The molecule has 1 saturated heterocycles. The van der Waals surface area contributed by atoms with Crippen molar-refractivity contribution in [3.8, 4) is 5.75 Å². The van der Waals surface area contributed by atoms with Crippen LogP contribution in [-0.2, 0) is 9.53 Å². The van der Waals surface area contributed by atoms with E-state index in [1.807, 2.05) is 12.1 Å². The van der Waals surface area contributed by atoms with Gasteiger partial charge in [0.1, 0.15) is 11.3 Å². The first-order chi connectivity index (χ1) is 11.7. The molecule has 0 bridgehead atoms. The zero-order chi connectivity index (χ0) is 16.7. The maximum absolute atomic E-state index is 12.3. The van der Waals surface area contributed by atoms with Crippen LogP contribution in [0, 0.1) is 6.92 Å². The number of anilines is 1. The van der Waals surface area contributed by atoms with Gasteiger partial charge in [0.2, 0.25) is 0 Å². The van der Waals surface area contributed by atoms with Crippen LogP contribution in [0.25, 0.3) is 10.2 Å². The van der Waals surface area contributed by atoms with Crippen LogP contribution in [0.3, 0.4) is 0 Å². The Morgan fingerprint density at radius 3 is 3.04 bits per heavy atom. The topological polar surface area (TPSA) is 63.7 Å². The lowest BCUT2D eigenvalue weighted by atomic mass is 10.2. The highest BCUT2D eigenvalue weighted by Gasteiger charge is 2.32. The lowest BCUT2D eigenvalue weighted by molar-refractivity contribution is -0.133. The molecule has 7 heteroatoms. The van der Waals surface area contributed by atoms with Crippen molar-refractivity contribution in [2.24, 2.45) is 0 Å². The zero-order valence-electron chi connectivity index (χ0n) is 13.9. The lowest BCUT2D eigenvalue weighted by Gasteiger charge is -2.31. The average Bonchev–Trinajstić information content (AvgIpc) is 3.29. The van der Waals surface area contributed by atoms with Crippen LogP contribution in [0.2, 0.25) is 0 Å². The lowest BCUT2D eigenvalue weighted by Crippen LogP contribution is -2.50. The van der Waals surface area contributed by atoms with Crippen LogP contribution in [0.5, 0.6) is 5.75 Å². The summed E-state index contributed by atoms with van der Waals surface area (Å²) >= 11 is 1.65. The summed E-state index contributed by atoms with van der Waals surface area (Å²) in [6.07, 6.45) is 1.74. The van der Waals surface area contributed by atoms with Crippen LogP contribution < -0.4 is 15.0 Å². The van der Waals surface area contributed by atoms with Gasteiger partial charge in [0.15, 0.2) is 11.2 Å². The number of methoxy groups -OCH3 is 1. The number of nitrogens with one attached hydrogen (secondary N) is 1. The molecule has 2 fully saturated rings. The van der Waals surface area contributed by atoms with Crippen molar-refractivity contribution in [3.05, 3.63) is 17.7 Å². The Hall–Kier alpha value is -1.86. The molecule has 0 radical (unpaired) electrons. The summed E-state index contributed by atoms with van der Waals surface area (Å²) in [6, 6.07) is 4.35. The Kier molecular flexibility index (Phi) is 4.05. The molecule has 24 heavy (non-hydrogen) atoms. The van der Waals surface area contributed by atoms with Gasteiger partial charge in [-0.1, -0.05) is 17.4 Å². The van der Waals surface area contributed by atoms with Crippen molar-refractivity contribution in [2.75, 3.05) is 31.7 Å². The molecule has 1 aromatic carbocycles. The molecule has 6 nitrogen and oxygen atoms in total. The number of aryl methyl sites for hydroxylation is 1. The number of benzene rings is 1. The van der Waals surface area contributed by atoms with Crippen LogP contribution in [-0.4, -0.2) is 49.8 Å². The van der Waals surface area contributed by atoms with Gasteiger partial charge in [-0.2, -0.15) is 0 Å². The molecule has 1 unspecified atom stereocenters. The van der Waals surface area contributed by atoms with E-state index in [9.17, 15) is 4.79 Å². The van der Waals surface area contributed by atoms with E-state index in [-0.39, 0.29) is 5.91 Å². The molecule has 1 aliphatic heterocycles. The Morgan fingerprint density at radius 2 is 2.29 bits per heavy atom. The van der Waals surface area contributed by atoms with Gasteiger partial charge in [-0.25, -0.2) is 4.98 Å². The van der Waals surface area contributed by atoms with E-state index in [2.05, 4.69) is 17.1 Å². The van der Waals surface area contributed by atoms with Crippen LogP contribution >= 0.6 is 11.3 Å². The van der Waals surface area contributed by atoms with Crippen molar-refractivity contribution < 1.29 is 14.3 Å². The Labute approximate surface area is 144 Å². The molecule has 1 amide bonds. The van der Waals surface area contributed by atoms with Crippen molar-refractivity contribution in [2.45, 2.75) is 31.9 Å². The van der Waals surface area contributed by atoms with Crippen molar-refractivity contribution >= 4 is 32.6 Å². The van der Waals surface area contributed by atoms with Crippen molar-refractivity contribution in [3.63, 3.8) is 0 Å². The normalized spacial score (nSPS) is 21.1. The van der Waals surface area contributed by atoms with Crippen LogP contribution in [0.4, 0.5) is 5.13 Å². The molecular formula is C17H21N3O3S. The van der Waals surface area contributed by atoms with Gasteiger partial charge in [-0.3, -0.25) is 4.79 Å². The molecule has 2 heterocycles. The average molecular weight is 347 g/mol. The third-order valence-electron chi connectivity index (χ3n) is 4.47. The third-order valence-corrected chi connectivity index (χ3v) is 5.72. The van der Waals surface area contributed by atoms with E-state index >= 15 is 0 Å². The molecule has 1 aromatic heterocycles. The highest BCUT2D eigenvalue weighted by Crippen LogP contribution is 2.36. The molecular weight excluding hydrogens is 326 g/mol. The number of carbonyl (C=O) groups excluding carboxylic acids is 1. The zero-order valence-corrected chi connectivity index (χ0v) is 14.7. The molecule has 1 saturated carbocycles. The number of amides is 1. The van der Waals surface area contributed by atoms with Crippen molar-refractivity contribution in [1.29, 1.82) is 0 Å². The van der Waals surface area contributed by atoms with E-state index in [1.54, 1.807) is 18.4 Å². The monoisotopic (exact) mass is 347 g/mol. The molecule has 2 aliphatic rings. The number of thiazole rings is 1. The van der Waals surface area contributed by atoms with Gasteiger partial charge in [-0.05, 0) is 31.4 Å². The summed E-state index contributed by atoms with van der Waals surface area (Å²) < 4.78 is 12.2. The summed E-state index contributed by atoms with van der Waals surface area (Å²) in [5, 5.41) is 3.94. The number of hydrogen-bond acceptors (Lipinski definition) is 6. The first kappa shape index (κ1) is 15.7.